The zero-order valence-electron chi connectivity index (χ0n) is 14.3. The SMILES string of the molecule is C[C@H](CC=O)N(N)c1nc(Nc2csc3ncccc23)c(C(N)=O)cc1F. The minimum atomic E-state index is -0.836. The molecule has 8 nitrogen and oxygen atoms in total. The number of pyridine rings is 2. The fourth-order valence-electron chi connectivity index (χ4n) is 2.50. The molecule has 5 N–H and O–H groups in total. The number of nitrogens with two attached hydrogens (primary N) is 2. The van der Waals surface area contributed by atoms with Gasteiger partial charge in [0.15, 0.2) is 11.6 Å². The number of aldehydes is 1. The lowest BCUT2D eigenvalue weighted by Gasteiger charge is -2.25. The van der Waals surface area contributed by atoms with Crippen molar-refractivity contribution >= 4 is 51.1 Å². The molecule has 10 heteroatoms. The highest BCUT2D eigenvalue weighted by atomic mass is 32.1. The first-order valence-electron chi connectivity index (χ1n) is 7.99. The molecule has 3 rings (SSSR count). The average Bonchev–Trinajstić information content (AvgIpc) is 3.05. The van der Waals surface area contributed by atoms with Crippen LogP contribution >= 0.6 is 11.3 Å². The van der Waals surface area contributed by atoms with Gasteiger partial charge >= 0.3 is 0 Å². The molecule has 0 aliphatic rings. The van der Waals surface area contributed by atoms with Gasteiger partial charge in [-0.05, 0) is 25.1 Å². The largest absolute Gasteiger partial charge is 0.365 e. The molecule has 3 heterocycles. The molecule has 3 aromatic heterocycles. The Morgan fingerprint density at radius 1 is 1.52 bits per heavy atom. The maximum atomic E-state index is 14.5. The number of hydrogen-bond acceptors (Lipinski definition) is 8. The van der Waals surface area contributed by atoms with E-state index in [1.54, 1.807) is 19.2 Å². The maximum absolute atomic E-state index is 14.5. The molecular weight excluding hydrogens is 371 g/mol. The van der Waals surface area contributed by atoms with Crippen molar-refractivity contribution in [2.24, 2.45) is 11.6 Å². The number of rotatable bonds is 7. The van der Waals surface area contributed by atoms with Crippen LogP contribution < -0.4 is 21.9 Å². The first-order valence-corrected chi connectivity index (χ1v) is 8.87. The highest BCUT2D eigenvalue weighted by Crippen LogP contribution is 2.32. The zero-order valence-corrected chi connectivity index (χ0v) is 15.2. The quantitative estimate of drug-likeness (QED) is 0.322. The molecule has 0 aliphatic carbocycles. The summed E-state index contributed by atoms with van der Waals surface area (Å²) >= 11 is 1.41. The summed E-state index contributed by atoms with van der Waals surface area (Å²) in [6.45, 7) is 1.66. The van der Waals surface area contributed by atoms with Crippen LogP contribution in [-0.4, -0.2) is 28.2 Å². The van der Waals surface area contributed by atoms with Gasteiger partial charge in [0.2, 0.25) is 0 Å². The van der Waals surface area contributed by atoms with E-state index in [1.807, 2.05) is 11.4 Å². The summed E-state index contributed by atoms with van der Waals surface area (Å²) in [6.07, 6.45) is 2.45. The first kappa shape index (κ1) is 18.7. The van der Waals surface area contributed by atoms with Gasteiger partial charge < -0.3 is 15.8 Å². The Morgan fingerprint density at radius 3 is 3.00 bits per heavy atom. The second kappa shape index (κ2) is 7.64. The lowest BCUT2D eigenvalue weighted by molar-refractivity contribution is -0.108. The molecule has 27 heavy (non-hydrogen) atoms. The predicted octanol–water partition coefficient (Wildman–Crippen LogP) is 2.33. The van der Waals surface area contributed by atoms with Crippen LogP contribution in [0.2, 0.25) is 0 Å². The fourth-order valence-corrected chi connectivity index (χ4v) is 3.34. The van der Waals surface area contributed by atoms with Crippen LogP contribution in [0.25, 0.3) is 10.2 Å². The Balaban J connectivity index is 2.05. The number of aromatic nitrogens is 2. The second-order valence-electron chi connectivity index (χ2n) is 5.84. The zero-order chi connectivity index (χ0) is 19.6. The summed E-state index contributed by atoms with van der Waals surface area (Å²) in [5.41, 5.74) is 5.91. The van der Waals surface area contributed by atoms with Gasteiger partial charge in [-0.3, -0.25) is 9.80 Å². The van der Waals surface area contributed by atoms with E-state index in [0.717, 1.165) is 21.3 Å². The van der Waals surface area contributed by atoms with Gasteiger partial charge in [0.05, 0.1) is 17.3 Å². The maximum Gasteiger partial charge on any atom is 0.252 e. The monoisotopic (exact) mass is 388 g/mol. The number of fused-ring (bicyclic) bond motifs is 1. The fraction of sp³-hybridized carbons (Fsp3) is 0.176. The molecule has 0 spiro atoms. The van der Waals surface area contributed by atoms with Crippen LogP contribution in [0, 0.1) is 5.82 Å². The van der Waals surface area contributed by atoms with Crippen molar-refractivity contribution in [2.45, 2.75) is 19.4 Å². The summed E-state index contributed by atoms with van der Waals surface area (Å²) in [7, 11) is 0. The van der Waals surface area contributed by atoms with Crippen molar-refractivity contribution in [3.8, 4) is 0 Å². The van der Waals surface area contributed by atoms with Crippen molar-refractivity contribution in [1.29, 1.82) is 0 Å². The van der Waals surface area contributed by atoms with Crippen molar-refractivity contribution in [3.05, 3.63) is 41.2 Å². The van der Waals surface area contributed by atoms with Crippen molar-refractivity contribution in [3.63, 3.8) is 0 Å². The molecule has 3 aromatic rings. The third-order valence-corrected chi connectivity index (χ3v) is 4.88. The molecule has 0 saturated carbocycles. The van der Waals surface area contributed by atoms with Gasteiger partial charge in [-0.1, -0.05) is 0 Å². The van der Waals surface area contributed by atoms with Gasteiger partial charge in [0.25, 0.3) is 5.91 Å². The number of anilines is 3. The first-order chi connectivity index (χ1) is 12.9. The Hall–Kier alpha value is -3.11. The van der Waals surface area contributed by atoms with Crippen LogP contribution in [0.5, 0.6) is 0 Å². The second-order valence-corrected chi connectivity index (χ2v) is 6.70. The Labute approximate surface area is 158 Å². The van der Waals surface area contributed by atoms with Gasteiger partial charge in [-0.25, -0.2) is 20.2 Å². The summed E-state index contributed by atoms with van der Waals surface area (Å²) in [5.74, 6) is 4.12. The van der Waals surface area contributed by atoms with E-state index in [9.17, 15) is 14.0 Å². The van der Waals surface area contributed by atoms with Crippen LogP contribution in [0.15, 0.2) is 29.8 Å². The third kappa shape index (κ3) is 3.71. The van der Waals surface area contributed by atoms with E-state index >= 15 is 0 Å². The minimum absolute atomic E-state index is 0.0659. The average molecular weight is 388 g/mol. The van der Waals surface area contributed by atoms with E-state index < -0.39 is 17.8 Å². The molecule has 0 unspecified atom stereocenters. The van der Waals surface area contributed by atoms with E-state index in [0.29, 0.717) is 12.0 Å². The molecular formula is C17H17FN6O2S. The van der Waals surface area contributed by atoms with Gasteiger partial charge in [0, 0.05) is 23.4 Å². The summed E-state index contributed by atoms with van der Waals surface area (Å²) < 4.78 is 14.5. The van der Waals surface area contributed by atoms with Gasteiger partial charge in [-0.15, -0.1) is 11.3 Å². The van der Waals surface area contributed by atoms with Crippen LogP contribution in [0.4, 0.5) is 21.7 Å². The van der Waals surface area contributed by atoms with Gasteiger partial charge in [0.1, 0.15) is 16.9 Å². The van der Waals surface area contributed by atoms with Crippen molar-refractivity contribution in [2.75, 3.05) is 10.3 Å². The lowest BCUT2D eigenvalue weighted by Crippen LogP contribution is -2.41. The summed E-state index contributed by atoms with van der Waals surface area (Å²) in [5, 5.41) is 6.69. The molecule has 140 valence electrons. The number of primary amides is 1. The Kier molecular flexibility index (Phi) is 5.28. The summed E-state index contributed by atoms with van der Waals surface area (Å²) in [4.78, 5) is 31.7. The molecule has 0 bridgehead atoms. The predicted molar refractivity (Wildman–Crippen MR) is 102 cm³/mol. The number of amides is 1. The van der Waals surface area contributed by atoms with Crippen LogP contribution in [-0.2, 0) is 4.79 Å². The molecule has 0 radical (unpaired) electrons. The molecule has 1 amide bonds. The number of hydrazine groups is 1. The number of hydrogen-bond donors (Lipinski definition) is 3. The van der Waals surface area contributed by atoms with Gasteiger partial charge in [-0.2, -0.15) is 0 Å². The molecule has 0 aromatic carbocycles. The number of carbonyl (C=O) groups excluding carboxylic acids is 2. The topological polar surface area (TPSA) is 127 Å². The molecule has 0 fully saturated rings. The Morgan fingerprint density at radius 2 is 2.30 bits per heavy atom. The normalized spacial score (nSPS) is 12.0. The number of nitrogens with one attached hydrogen (secondary N) is 1. The number of halogens is 1. The molecule has 0 aliphatic heterocycles. The molecule has 0 saturated heterocycles. The third-order valence-electron chi connectivity index (χ3n) is 3.98. The Bertz CT molecular complexity index is 1010. The smallest absolute Gasteiger partial charge is 0.252 e. The minimum Gasteiger partial charge on any atom is -0.365 e. The van der Waals surface area contributed by atoms with Crippen LogP contribution in [0.1, 0.15) is 23.7 Å². The molecule has 1 atom stereocenters. The summed E-state index contributed by atoms with van der Waals surface area (Å²) in [6, 6.07) is 4.13. The van der Waals surface area contributed by atoms with E-state index in [2.05, 4.69) is 15.3 Å². The highest BCUT2D eigenvalue weighted by Gasteiger charge is 2.22. The van der Waals surface area contributed by atoms with Crippen molar-refractivity contribution in [1.82, 2.24) is 9.97 Å². The van der Waals surface area contributed by atoms with E-state index in [-0.39, 0.29) is 23.6 Å². The lowest BCUT2D eigenvalue weighted by atomic mass is 10.2. The highest BCUT2D eigenvalue weighted by molar-refractivity contribution is 7.17. The number of thiophene rings is 1. The van der Waals surface area contributed by atoms with Crippen molar-refractivity contribution < 1.29 is 14.0 Å². The van der Waals surface area contributed by atoms with Crippen LogP contribution in [0.3, 0.4) is 0 Å². The van der Waals surface area contributed by atoms with E-state index in [1.165, 1.54) is 11.3 Å². The number of nitrogens with zero attached hydrogens (tertiary/aromatic N) is 3. The number of carbonyl (C=O) groups is 2. The van der Waals surface area contributed by atoms with E-state index in [4.69, 9.17) is 11.6 Å². The standard InChI is InChI=1S/C17H17FN6O2S/c1-9(4-6-25)24(20)16-12(18)7-11(14(19)26)15(23-16)22-13-8-27-17-10(13)3-2-5-21-17/h2-3,5-9H,4,20H2,1H3,(H2,19,26)(H,22,23)/t9-/m1/s1.